The summed E-state index contributed by atoms with van der Waals surface area (Å²) in [4.78, 5) is 33.3. The van der Waals surface area contributed by atoms with Gasteiger partial charge in [-0.3, -0.25) is 0 Å². The fourth-order valence-corrected chi connectivity index (χ4v) is 8.26. The van der Waals surface area contributed by atoms with E-state index in [4.69, 9.17) is 9.47 Å². The van der Waals surface area contributed by atoms with Gasteiger partial charge in [-0.05, 0) is 73.5 Å². The zero-order valence-electron chi connectivity index (χ0n) is 24.3. The minimum Gasteiger partial charge on any atom is -0.463 e. The van der Waals surface area contributed by atoms with E-state index in [2.05, 4.69) is 50.2 Å². The number of ether oxygens (including phenoxy) is 2. The molecule has 0 unspecified atom stereocenters. The summed E-state index contributed by atoms with van der Waals surface area (Å²) >= 11 is 6.89. The van der Waals surface area contributed by atoms with Gasteiger partial charge in [0.05, 0.1) is 13.2 Å². The molecule has 0 atom stereocenters. The number of esters is 2. The normalized spacial score (nSPS) is 11.6. The van der Waals surface area contributed by atoms with E-state index in [1.54, 1.807) is 45.3 Å². The van der Waals surface area contributed by atoms with Crippen molar-refractivity contribution in [3.8, 4) is 29.3 Å². The van der Waals surface area contributed by atoms with Crippen LogP contribution in [0.2, 0.25) is 0 Å². The first kappa shape index (κ1) is 32.1. The van der Waals surface area contributed by atoms with Crippen LogP contribution in [0.1, 0.15) is 75.0 Å². The van der Waals surface area contributed by atoms with Crippen molar-refractivity contribution in [1.82, 2.24) is 0 Å². The molecular weight excluding hydrogens is 601 g/mol. The average molecular weight is 639 g/mol. The Morgan fingerprint density at radius 1 is 0.524 bits per heavy atom. The van der Waals surface area contributed by atoms with Crippen LogP contribution in [0.5, 0.6) is 0 Å². The van der Waals surface area contributed by atoms with E-state index in [-0.39, 0.29) is 11.9 Å². The lowest BCUT2D eigenvalue weighted by molar-refractivity contribution is -0.138. The Kier molecular flexibility index (Phi) is 13.3. The maximum absolute atomic E-state index is 12.0. The molecule has 4 heterocycles. The van der Waals surface area contributed by atoms with Crippen molar-refractivity contribution in [2.24, 2.45) is 0 Å². The van der Waals surface area contributed by atoms with Gasteiger partial charge >= 0.3 is 11.9 Å². The molecule has 0 saturated carbocycles. The van der Waals surface area contributed by atoms with E-state index >= 15 is 0 Å². The molecule has 0 aromatic carbocycles. The third-order valence-corrected chi connectivity index (χ3v) is 11.3. The molecule has 42 heavy (non-hydrogen) atoms. The molecule has 8 heteroatoms. The van der Waals surface area contributed by atoms with Crippen molar-refractivity contribution in [2.45, 2.75) is 65.2 Å². The van der Waals surface area contributed by atoms with Crippen molar-refractivity contribution < 1.29 is 19.1 Å². The predicted octanol–water partition coefficient (Wildman–Crippen LogP) is 11.2. The molecule has 0 aliphatic heterocycles. The highest BCUT2D eigenvalue weighted by molar-refractivity contribution is 7.28. The Morgan fingerprint density at radius 3 is 1.26 bits per heavy atom. The molecule has 222 valence electrons. The second-order valence-corrected chi connectivity index (χ2v) is 14.3. The highest BCUT2D eigenvalue weighted by Gasteiger charge is 2.11. The first-order valence-electron chi connectivity index (χ1n) is 14.7. The van der Waals surface area contributed by atoms with Gasteiger partial charge in [-0.15, -0.1) is 45.3 Å². The fourth-order valence-electron chi connectivity index (χ4n) is 4.15. The second kappa shape index (κ2) is 17.4. The number of carbonyl (C=O) groups is 2. The molecular formula is C34H38O4S4. The minimum absolute atomic E-state index is 0.280. The number of hydrogen-bond acceptors (Lipinski definition) is 8. The van der Waals surface area contributed by atoms with Crippen LogP contribution in [0.3, 0.4) is 0 Å². The lowest BCUT2D eigenvalue weighted by atomic mass is 10.2. The zero-order valence-corrected chi connectivity index (χ0v) is 27.5. The molecule has 0 spiro atoms. The molecule has 0 N–H and O–H groups in total. The van der Waals surface area contributed by atoms with E-state index in [1.165, 1.54) is 67.1 Å². The van der Waals surface area contributed by atoms with Gasteiger partial charge < -0.3 is 9.47 Å². The second-order valence-electron chi connectivity index (χ2n) is 9.85. The summed E-state index contributed by atoms with van der Waals surface area (Å²) in [6.07, 6.45) is 15.5. The van der Waals surface area contributed by atoms with Crippen LogP contribution < -0.4 is 0 Å². The molecule has 4 aromatic rings. The molecule has 4 nitrogen and oxygen atoms in total. The molecule has 0 bridgehead atoms. The van der Waals surface area contributed by atoms with Gasteiger partial charge in [0.25, 0.3) is 0 Å². The first-order valence-corrected chi connectivity index (χ1v) is 17.9. The first-order chi connectivity index (χ1) is 20.6. The van der Waals surface area contributed by atoms with E-state index in [0.717, 1.165) is 35.4 Å². The highest BCUT2D eigenvalue weighted by atomic mass is 32.1. The summed E-state index contributed by atoms with van der Waals surface area (Å²) in [6, 6.07) is 17.0. The third-order valence-electron chi connectivity index (χ3n) is 6.45. The lowest BCUT2D eigenvalue weighted by Crippen LogP contribution is -2.01. The van der Waals surface area contributed by atoms with Gasteiger partial charge in [0.15, 0.2) is 0 Å². The SMILES string of the molecule is CCCCCCOC(=O)/C=C/c1ccc(-c2ccc(-c3ccc(-c4ccc(/C=C/C(=O)OCCCCCC)s4)s3)s2)s1. The van der Waals surface area contributed by atoms with Gasteiger partial charge in [0.1, 0.15) is 0 Å². The van der Waals surface area contributed by atoms with Gasteiger partial charge in [-0.1, -0.05) is 52.4 Å². The van der Waals surface area contributed by atoms with Crippen LogP contribution in [0.25, 0.3) is 41.4 Å². The summed E-state index contributed by atoms with van der Waals surface area (Å²) in [6.45, 7) is 5.31. The number of hydrogen-bond donors (Lipinski definition) is 0. The van der Waals surface area contributed by atoms with Crippen LogP contribution in [0.4, 0.5) is 0 Å². The maximum atomic E-state index is 12.0. The van der Waals surface area contributed by atoms with E-state index in [9.17, 15) is 9.59 Å². The Bertz CT molecular complexity index is 1360. The summed E-state index contributed by atoms with van der Waals surface area (Å²) in [5.41, 5.74) is 0. The molecule has 0 fully saturated rings. The number of unbranched alkanes of at least 4 members (excludes halogenated alkanes) is 6. The van der Waals surface area contributed by atoms with E-state index in [1.807, 2.05) is 24.3 Å². The number of rotatable bonds is 17. The maximum Gasteiger partial charge on any atom is 0.330 e. The molecule has 4 rings (SSSR count). The largest absolute Gasteiger partial charge is 0.463 e. The summed E-state index contributed by atoms with van der Waals surface area (Å²) in [7, 11) is 0. The Morgan fingerprint density at radius 2 is 0.881 bits per heavy atom. The van der Waals surface area contributed by atoms with Gasteiger partial charge in [-0.2, -0.15) is 0 Å². The fraction of sp³-hybridized carbons (Fsp3) is 0.353. The zero-order chi connectivity index (χ0) is 29.6. The standard InChI is InChI=1S/C34H38O4S4/c1-3-5-7-9-23-37-33(35)21-13-25-11-15-27(39-25)29-17-19-31(41-29)32-20-18-30(42-32)28-16-12-26(40-28)14-22-34(36)38-24-10-8-6-4-2/h11-22H,3-10,23-24H2,1-2H3/b21-13+,22-14+. The Balaban J connectivity index is 1.29. The van der Waals surface area contributed by atoms with Gasteiger partial charge in [-0.25, -0.2) is 9.59 Å². The van der Waals surface area contributed by atoms with Crippen LogP contribution >= 0.6 is 45.3 Å². The lowest BCUT2D eigenvalue weighted by Gasteiger charge is -2.00. The smallest absolute Gasteiger partial charge is 0.330 e. The topological polar surface area (TPSA) is 52.6 Å². The predicted molar refractivity (Wildman–Crippen MR) is 183 cm³/mol. The van der Waals surface area contributed by atoms with Gasteiger partial charge in [0, 0.05) is 51.2 Å². The average Bonchev–Trinajstić information content (AvgIpc) is 3.81. The molecule has 0 aliphatic carbocycles. The van der Waals surface area contributed by atoms with Crippen molar-refractivity contribution in [3.63, 3.8) is 0 Å². The third kappa shape index (κ3) is 10.2. The van der Waals surface area contributed by atoms with Gasteiger partial charge in [0.2, 0.25) is 0 Å². The number of carbonyl (C=O) groups excluding carboxylic acids is 2. The van der Waals surface area contributed by atoms with E-state index < -0.39 is 0 Å². The summed E-state index contributed by atoms with van der Waals surface area (Å²) < 4.78 is 10.6. The van der Waals surface area contributed by atoms with E-state index in [0.29, 0.717) is 13.2 Å². The monoisotopic (exact) mass is 638 g/mol. The van der Waals surface area contributed by atoms with Crippen LogP contribution in [-0.2, 0) is 19.1 Å². The quantitative estimate of drug-likeness (QED) is 0.0656. The Labute approximate surface area is 265 Å². The molecule has 0 saturated heterocycles. The van der Waals surface area contributed by atoms with Crippen LogP contribution in [-0.4, -0.2) is 25.2 Å². The van der Waals surface area contributed by atoms with Crippen LogP contribution in [0.15, 0.2) is 60.7 Å². The van der Waals surface area contributed by atoms with Crippen molar-refractivity contribution in [2.75, 3.05) is 13.2 Å². The molecule has 0 radical (unpaired) electrons. The molecule has 0 amide bonds. The minimum atomic E-state index is -0.280. The highest BCUT2D eigenvalue weighted by Crippen LogP contribution is 2.43. The van der Waals surface area contributed by atoms with Crippen molar-refractivity contribution in [3.05, 3.63) is 70.4 Å². The van der Waals surface area contributed by atoms with Crippen molar-refractivity contribution in [1.29, 1.82) is 0 Å². The van der Waals surface area contributed by atoms with Crippen LogP contribution in [0, 0.1) is 0 Å². The van der Waals surface area contributed by atoms with Crippen molar-refractivity contribution >= 4 is 69.4 Å². The molecule has 0 aliphatic rings. The Hall–Kier alpha value is -2.78. The number of thiophene rings is 4. The molecule has 4 aromatic heterocycles. The summed E-state index contributed by atoms with van der Waals surface area (Å²) in [5.74, 6) is -0.559. The summed E-state index contributed by atoms with van der Waals surface area (Å²) in [5, 5.41) is 0.